The Bertz CT molecular complexity index is 539. The number of nitrogens with zero attached hydrogens (tertiary/aromatic N) is 2. The van der Waals surface area contributed by atoms with Gasteiger partial charge in [0.25, 0.3) is 5.69 Å². The van der Waals surface area contributed by atoms with Crippen LogP contribution in [-0.4, -0.2) is 41.4 Å². The molecule has 1 aliphatic heterocycles. The van der Waals surface area contributed by atoms with Crippen molar-refractivity contribution >= 4 is 17.3 Å². The molecule has 7 nitrogen and oxygen atoms in total. The van der Waals surface area contributed by atoms with Crippen molar-refractivity contribution in [2.24, 2.45) is 5.73 Å². The molecule has 1 fully saturated rings. The summed E-state index contributed by atoms with van der Waals surface area (Å²) in [5, 5.41) is 13.6. The number of piperidine rings is 1. The van der Waals surface area contributed by atoms with Gasteiger partial charge < -0.3 is 11.1 Å². The van der Waals surface area contributed by atoms with Gasteiger partial charge >= 0.3 is 0 Å². The van der Waals surface area contributed by atoms with E-state index < -0.39 is 4.92 Å². The zero-order chi connectivity index (χ0) is 15.4. The van der Waals surface area contributed by atoms with Crippen molar-refractivity contribution in [2.75, 3.05) is 25.0 Å². The number of rotatable bonds is 4. The Balaban J connectivity index is 1.93. The molecule has 1 amide bonds. The number of carbonyl (C=O) groups is 1. The van der Waals surface area contributed by atoms with Crippen LogP contribution in [0.2, 0.25) is 0 Å². The highest BCUT2D eigenvalue weighted by molar-refractivity contribution is 5.92. The molecule has 21 heavy (non-hydrogen) atoms. The largest absolute Gasteiger partial charge is 0.328 e. The molecule has 0 spiro atoms. The summed E-state index contributed by atoms with van der Waals surface area (Å²) in [7, 11) is 0. The average molecular weight is 292 g/mol. The van der Waals surface area contributed by atoms with Crippen molar-refractivity contribution in [3.8, 4) is 0 Å². The monoisotopic (exact) mass is 292 g/mol. The standard InChI is InChI=1S/C14H20N4O3/c1-10-2-3-12(8-13(10)18(20)21)16-14(19)9-17-6-4-11(15)5-7-17/h2-3,8,11H,4-7,9,15H2,1H3,(H,16,19). The van der Waals surface area contributed by atoms with Gasteiger partial charge in [0, 0.05) is 36.4 Å². The van der Waals surface area contributed by atoms with Crippen LogP contribution in [0.3, 0.4) is 0 Å². The van der Waals surface area contributed by atoms with Gasteiger partial charge in [-0.1, -0.05) is 6.07 Å². The second-order valence-corrected chi connectivity index (χ2v) is 5.42. The predicted octanol–water partition coefficient (Wildman–Crippen LogP) is 1.26. The normalized spacial score (nSPS) is 16.7. The van der Waals surface area contributed by atoms with Crippen molar-refractivity contribution in [2.45, 2.75) is 25.8 Å². The molecule has 1 aromatic rings. The lowest BCUT2D eigenvalue weighted by Crippen LogP contribution is -2.43. The van der Waals surface area contributed by atoms with Gasteiger partial charge in [-0.3, -0.25) is 19.8 Å². The number of nitrogens with two attached hydrogens (primary N) is 1. The molecule has 2 rings (SSSR count). The number of carbonyl (C=O) groups excluding carboxylic acids is 1. The van der Waals surface area contributed by atoms with Gasteiger partial charge in [0.2, 0.25) is 5.91 Å². The van der Waals surface area contributed by atoms with Crippen LogP contribution in [0.4, 0.5) is 11.4 Å². The van der Waals surface area contributed by atoms with Gasteiger partial charge in [0.1, 0.15) is 0 Å². The van der Waals surface area contributed by atoms with E-state index >= 15 is 0 Å². The number of nitro benzene ring substituents is 1. The fourth-order valence-electron chi connectivity index (χ4n) is 2.40. The van der Waals surface area contributed by atoms with Crippen LogP contribution < -0.4 is 11.1 Å². The Morgan fingerprint density at radius 1 is 1.48 bits per heavy atom. The Morgan fingerprint density at radius 2 is 2.14 bits per heavy atom. The van der Waals surface area contributed by atoms with E-state index in [9.17, 15) is 14.9 Å². The molecule has 0 atom stereocenters. The van der Waals surface area contributed by atoms with Gasteiger partial charge in [-0.15, -0.1) is 0 Å². The third kappa shape index (κ3) is 4.24. The highest BCUT2D eigenvalue weighted by Crippen LogP contribution is 2.22. The summed E-state index contributed by atoms with van der Waals surface area (Å²) in [6.45, 7) is 3.57. The lowest BCUT2D eigenvalue weighted by molar-refractivity contribution is -0.385. The van der Waals surface area contributed by atoms with Crippen LogP contribution in [0.15, 0.2) is 18.2 Å². The number of aryl methyl sites for hydroxylation is 1. The second kappa shape index (κ2) is 6.64. The Labute approximate surface area is 123 Å². The average Bonchev–Trinajstić information content (AvgIpc) is 2.43. The molecule has 0 unspecified atom stereocenters. The van der Waals surface area contributed by atoms with E-state index in [-0.39, 0.29) is 24.2 Å². The highest BCUT2D eigenvalue weighted by Gasteiger charge is 2.19. The number of anilines is 1. The summed E-state index contributed by atoms with van der Waals surface area (Å²) in [5.41, 5.74) is 6.85. The van der Waals surface area contributed by atoms with E-state index in [0.717, 1.165) is 25.9 Å². The Kier molecular flexibility index (Phi) is 4.87. The van der Waals surface area contributed by atoms with Gasteiger partial charge in [0.05, 0.1) is 11.5 Å². The molecule has 1 aliphatic rings. The van der Waals surface area contributed by atoms with Crippen LogP contribution in [0, 0.1) is 17.0 Å². The maximum Gasteiger partial charge on any atom is 0.274 e. The maximum atomic E-state index is 12.0. The van der Waals surface area contributed by atoms with E-state index in [4.69, 9.17) is 5.73 Å². The number of amides is 1. The number of likely N-dealkylation sites (tertiary alicyclic amines) is 1. The molecule has 7 heteroatoms. The minimum Gasteiger partial charge on any atom is -0.328 e. The quantitative estimate of drug-likeness (QED) is 0.642. The first-order valence-corrected chi connectivity index (χ1v) is 6.98. The SMILES string of the molecule is Cc1ccc(NC(=O)CN2CCC(N)CC2)cc1[N+](=O)[O-]. The fourth-order valence-corrected chi connectivity index (χ4v) is 2.40. The predicted molar refractivity (Wildman–Crippen MR) is 80.1 cm³/mol. The minimum absolute atomic E-state index is 0.0109. The summed E-state index contributed by atoms with van der Waals surface area (Å²) in [6, 6.07) is 4.92. The van der Waals surface area contributed by atoms with Crippen LogP contribution in [0.25, 0.3) is 0 Å². The lowest BCUT2D eigenvalue weighted by Gasteiger charge is -2.29. The van der Waals surface area contributed by atoms with Crippen molar-refractivity contribution < 1.29 is 9.72 Å². The fraction of sp³-hybridized carbons (Fsp3) is 0.500. The molecule has 114 valence electrons. The topological polar surface area (TPSA) is 102 Å². The summed E-state index contributed by atoms with van der Waals surface area (Å²) in [6.07, 6.45) is 1.78. The van der Waals surface area contributed by atoms with Crippen molar-refractivity contribution in [1.29, 1.82) is 0 Å². The molecule has 0 aromatic heterocycles. The lowest BCUT2D eigenvalue weighted by atomic mass is 10.1. The minimum atomic E-state index is -0.447. The first-order chi connectivity index (χ1) is 9.95. The molecule has 0 saturated carbocycles. The molecule has 0 aliphatic carbocycles. The molecule has 1 aromatic carbocycles. The maximum absolute atomic E-state index is 12.0. The molecule has 1 heterocycles. The van der Waals surface area contributed by atoms with Gasteiger partial charge in [0.15, 0.2) is 0 Å². The number of nitro groups is 1. The third-order valence-electron chi connectivity index (χ3n) is 3.69. The summed E-state index contributed by atoms with van der Waals surface area (Å²) in [4.78, 5) is 24.5. The molecule has 0 radical (unpaired) electrons. The molecule has 3 N–H and O–H groups in total. The Hall–Kier alpha value is -1.99. The zero-order valence-corrected chi connectivity index (χ0v) is 12.0. The molecule has 0 bridgehead atoms. The van der Waals surface area contributed by atoms with E-state index in [2.05, 4.69) is 5.32 Å². The highest BCUT2D eigenvalue weighted by atomic mass is 16.6. The number of hydrogen-bond acceptors (Lipinski definition) is 5. The second-order valence-electron chi connectivity index (χ2n) is 5.42. The van der Waals surface area contributed by atoms with E-state index in [1.54, 1.807) is 19.1 Å². The third-order valence-corrected chi connectivity index (χ3v) is 3.69. The van der Waals surface area contributed by atoms with E-state index in [1.807, 2.05) is 4.90 Å². The number of benzene rings is 1. The summed E-state index contributed by atoms with van der Waals surface area (Å²) >= 11 is 0. The van der Waals surface area contributed by atoms with Crippen molar-refractivity contribution in [1.82, 2.24) is 4.90 Å². The summed E-state index contributed by atoms with van der Waals surface area (Å²) in [5.74, 6) is -0.163. The smallest absolute Gasteiger partial charge is 0.274 e. The molecule has 1 saturated heterocycles. The van der Waals surface area contributed by atoms with Crippen LogP contribution in [0.1, 0.15) is 18.4 Å². The number of nitrogens with one attached hydrogen (secondary N) is 1. The van der Waals surface area contributed by atoms with Crippen LogP contribution in [0.5, 0.6) is 0 Å². The molecular formula is C14H20N4O3. The van der Waals surface area contributed by atoms with Gasteiger partial charge in [-0.05, 0) is 25.8 Å². The van der Waals surface area contributed by atoms with Gasteiger partial charge in [-0.25, -0.2) is 0 Å². The van der Waals surface area contributed by atoms with E-state index in [1.165, 1.54) is 6.07 Å². The van der Waals surface area contributed by atoms with Crippen LogP contribution >= 0.6 is 0 Å². The van der Waals surface area contributed by atoms with Crippen molar-refractivity contribution in [3.05, 3.63) is 33.9 Å². The number of hydrogen-bond donors (Lipinski definition) is 2. The Morgan fingerprint density at radius 3 is 2.76 bits per heavy atom. The van der Waals surface area contributed by atoms with Crippen molar-refractivity contribution in [3.63, 3.8) is 0 Å². The first-order valence-electron chi connectivity index (χ1n) is 6.98. The zero-order valence-electron chi connectivity index (χ0n) is 12.0. The summed E-state index contributed by atoms with van der Waals surface area (Å²) < 4.78 is 0. The first kappa shape index (κ1) is 15.4. The van der Waals surface area contributed by atoms with E-state index in [0.29, 0.717) is 11.3 Å². The molecular weight excluding hydrogens is 272 g/mol. The van der Waals surface area contributed by atoms with Crippen LogP contribution in [-0.2, 0) is 4.79 Å². The van der Waals surface area contributed by atoms with Gasteiger partial charge in [-0.2, -0.15) is 0 Å².